The van der Waals surface area contributed by atoms with Gasteiger partial charge < -0.3 is 29.0 Å². The first-order valence-electron chi connectivity index (χ1n) is 13.7. The lowest BCUT2D eigenvalue weighted by Gasteiger charge is -2.33. The predicted molar refractivity (Wildman–Crippen MR) is 159 cm³/mol. The Labute approximate surface area is 241 Å². The van der Waals surface area contributed by atoms with Crippen molar-refractivity contribution in [3.05, 3.63) is 95.0 Å². The Balaban J connectivity index is 1.18. The van der Waals surface area contributed by atoms with E-state index in [2.05, 4.69) is 23.5 Å². The van der Waals surface area contributed by atoms with Gasteiger partial charge in [0.15, 0.2) is 0 Å². The lowest BCUT2D eigenvalue weighted by Crippen LogP contribution is -2.41. The SMILES string of the molecule is COc1cc(COC2CNCCC2c2ccc(OCCCOc3ccccc3Cl)cc2)c(OC)c2ccccc12. The molecular formula is C33H36ClNO5. The van der Waals surface area contributed by atoms with Gasteiger partial charge in [0.25, 0.3) is 0 Å². The normalized spacial score (nSPS) is 17.0. The van der Waals surface area contributed by atoms with Gasteiger partial charge in [-0.1, -0.05) is 60.1 Å². The van der Waals surface area contributed by atoms with E-state index < -0.39 is 0 Å². The largest absolute Gasteiger partial charge is 0.496 e. The number of rotatable bonds is 12. The van der Waals surface area contributed by atoms with Crippen molar-refractivity contribution >= 4 is 22.4 Å². The molecule has 4 aromatic rings. The van der Waals surface area contributed by atoms with Crippen molar-refractivity contribution in [2.45, 2.75) is 31.5 Å². The van der Waals surface area contributed by atoms with Crippen molar-refractivity contribution in [3.8, 4) is 23.0 Å². The molecule has 1 heterocycles. The van der Waals surface area contributed by atoms with Crippen molar-refractivity contribution < 1.29 is 23.7 Å². The minimum atomic E-state index is 0.0321. The van der Waals surface area contributed by atoms with Crippen molar-refractivity contribution in [2.24, 2.45) is 0 Å². The van der Waals surface area contributed by atoms with Gasteiger partial charge >= 0.3 is 0 Å². The molecule has 6 nitrogen and oxygen atoms in total. The van der Waals surface area contributed by atoms with Crippen LogP contribution >= 0.6 is 11.6 Å². The van der Waals surface area contributed by atoms with E-state index in [1.807, 2.05) is 60.7 Å². The molecule has 0 aromatic heterocycles. The van der Waals surface area contributed by atoms with Crippen molar-refractivity contribution in [1.82, 2.24) is 5.32 Å². The summed E-state index contributed by atoms with van der Waals surface area (Å²) in [6, 6.07) is 26.0. The lowest BCUT2D eigenvalue weighted by molar-refractivity contribution is 0.00983. The van der Waals surface area contributed by atoms with Gasteiger partial charge in [-0.25, -0.2) is 0 Å². The van der Waals surface area contributed by atoms with Crippen LogP contribution in [0.2, 0.25) is 5.02 Å². The second-order valence-corrected chi connectivity index (χ2v) is 10.2. The molecule has 210 valence electrons. The third-order valence-electron chi connectivity index (χ3n) is 7.30. The van der Waals surface area contributed by atoms with E-state index in [4.69, 9.17) is 35.3 Å². The number of ether oxygens (including phenoxy) is 5. The van der Waals surface area contributed by atoms with Crippen LogP contribution in [0.5, 0.6) is 23.0 Å². The van der Waals surface area contributed by atoms with Gasteiger partial charge in [0.1, 0.15) is 23.0 Å². The molecule has 0 bridgehead atoms. The number of methoxy groups -OCH3 is 2. The highest BCUT2D eigenvalue weighted by atomic mass is 35.5. The topological polar surface area (TPSA) is 58.2 Å². The first-order chi connectivity index (χ1) is 19.7. The molecule has 1 saturated heterocycles. The molecule has 2 unspecified atom stereocenters. The van der Waals surface area contributed by atoms with Crippen molar-refractivity contribution in [2.75, 3.05) is 40.5 Å². The molecule has 0 saturated carbocycles. The van der Waals surface area contributed by atoms with Crippen LogP contribution in [0.4, 0.5) is 0 Å². The molecule has 0 spiro atoms. The summed E-state index contributed by atoms with van der Waals surface area (Å²) in [4.78, 5) is 0. The maximum Gasteiger partial charge on any atom is 0.137 e. The molecule has 4 aromatic carbocycles. The van der Waals surface area contributed by atoms with Gasteiger partial charge in [-0.05, 0) is 48.9 Å². The molecule has 2 atom stereocenters. The summed E-state index contributed by atoms with van der Waals surface area (Å²) >= 11 is 6.14. The molecule has 1 aliphatic heterocycles. The quantitative estimate of drug-likeness (QED) is 0.188. The summed E-state index contributed by atoms with van der Waals surface area (Å²) < 4.78 is 29.7. The van der Waals surface area contributed by atoms with E-state index in [0.29, 0.717) is 30.6 Å². The number of hydrogen-bond donors (Lipinski definition) is 1. The Morgan fingerprint density at radius 3 is 2.35 bits per heavy atom. The van der Waals surface area contributed by atoms with E-state index in [-0.39, 0.29) is 12.0 Å². The van der Waals surface area contributed by atoms with Crippen LogP contribution in [0, 0.1) is 0 Å². The molecule has 40 heavy (non-hydrogen) atoms. The number of benzene rings is 4. The minimum absolute atomic E-state index is 0.0321. The molecule has 1 fully saturated rings. The van der Waals surface area contributed by atoms with Crippen LogP contribution in [0.15, 0.2) is 78.9 Å². The molecule has 0 aliphatic carbocycles. The number of halogens is 1. The number of piperidine rings is 1. The van der Waals surface area contributed by atoms with E-state index in [9.17, 15) is 0 Å². The average Bonchev–Trinajstić information content (AvgIpc) is 3.00. The number of nitrogens with one attached hydrogen (secondary N) is 1. The molecule has 5 rings (SSSR count). The van der Waals surface area contributed by atoms with Gasteiger partial charge in [0.05, 0.1) is 45.2 Å². The van der Waals surface area contributed by atoms with Crippen LogP contribution in [-0.2, 0) is 11.3 Å². The molecule has 0 amide bonds. The summed E-state index contributed by atoms with van der Waals surface area (Å²) in [5.74, 6) is 3.48. The maximum absolute atomic E-state index is 6.54. The second kappa shape index (κ2) is 13.8. The summed E-state index contributed by atoms with van der Waals surface area (Å²) in [5, 5.41) is 6.16. The number of fused-ring (bicyclic) bond motifs is 1. The van der Waals surface area contributed by atoms with Gasteiger partial charge in [-0.3, -0.25) is 0 Å². The summed E-state index contributed by atoms with van der Waals surface area (Å²) in [7, 11) is 3.40. The minimum Gasteiger partial charge on any atom is -0.496 e. The Bertz CT molecular complexity index is 1390. The fourth-order valence-corrected chi connectivity index (χ4v) is 5.47. The third kappa shape index (κ3) is 6.64. The molecule has 7 heteroatoms. The Morgan fingerprint density at radius 2 is 1.57 bits per heavy atom. The van der Waals surface area contributed by atoms with Crippen molar-refractivity contribution in [1.29, 1.82) is 0 Å². The third-order valence-corrected chi connectivity index (χ3v) is 7.61. The monoisotopic (exact) mass is 561 g/mol. The highest BCUT2D eigenvalue weighted by Crippen LogP contribution is 2.38. The van der Waals surface area contributed by atoms with Crippen LogP contribution in [0.3, 0.4) is 0 Å². The first-order valence-corrected chi connectivity index (χ1v) is 14.1. The fraction of sp³-hybridized carbons (Fsp3) is 0.333. The summed E-state index contributed by atoms with van der Waals surface area (Å²) in [5.41, 5.74) is 2.23. The molecular weight excluding hydrogens is 526 g/mol. The fourth-order valence-electron chi connectivity index (χ4n) is 5.28. The van der Waals surface area contributed by atoms with Crippen molar-refractivity contribution in [3.63, 3.8) is 0 Å². The molecule has 1 N–H and O–H groups in total. The van der Waals surface area contributed by atoms with Gasteiger partial charge in [0.2, 0.25) is 0 Å². The van der Waals surface area contributed by atoms with Crippen LogP contribution in [-0.4, -0.2) is 46.6 Å². The van der Waals surface area contributed by atoms with Crippen LogP contribution in [0.25, 0.3) is 10.8 Å². The summed E-state index contributed by atoms with van der Waals surface area (Å²) in [6.07, 6.45) is 1.80. The number of hydrogen-bond acceptors (Lipinski definition) is 6. The predicted octanol–water partition coefficient (Wildman–Crippen LogP) is 7.02. The zero-order valence-electron chi connectivity index (χ0n) is 23.0. The Hall–Kier alpha value is -3.45. The zero-order chi connectivity index (χ0) is 27.7. The van der Waals surface area contributed by atoms with E-state index >= 15 is 0 Å². The van der Waals surface area contributed by atoms with Crippen LogP contribution in [0.1, 0.15) is 29.9 Å². The smallest absolute Gasteiger partial charge is 0.137 e. The average molecular weight is 562 g/mol. The van der Waals surface area contributed by atoms with Gasteiger partial charge in [0, 0.05) is 35.2 Å². The standard InChI is InChI=1S/C33H36ClNO5/c1-36-31-20-24(33(37-2)28-9-4-3-8-27(28)31)22-40-32-21-35-17-16-26(32)23-12-14-25(15-13-23)38-18-7-19-39-30-11-6-5-10-29(30)34/h3-6,8-15,20,26,32,35H,7,16-19,21-22H2,1-2H3. The highest BCUT2D eigenvalue weighted by molar-refractivity contribution is 6.32. The number of para-hydroxylation sites is 1. The van der Waals surface area contributed by atoms with E-state index in [1.54, 1.807) is 14.2 Å². The van der Waals surface area contributed by atoms with Crippen LogP contribution < -0.4 is 24.3 Å². The van der Waals surface area contributed by atoms with Gasteiger partial charge in [-0.15, -0.1) is 0 Å². The Kier molecular flexibility index (Phi) is 9.66. The highest BCUT2D eigenvalue weighted by Gasteiger charge is 2.28. The zero-order valence-corrected chi connectivity index (χ0v) is 23.8. The van der Waals surface area contributed by atoms with E-state index in [1.165, 1.54) is 5.56 Å². The van der Waals surface area contributed by atoms with E-state index in [0.717, 1.165) is 59.5 Å². The maximum atomic E-state index is 6.54. The Morgan fingerprint density at radius 1 is 0.825 bits per heavy atom. The first kappa shape index (κ1) is 28.1. The second-order valence-electron chi connectivity index (χ2n) is 9.82. The van der Waals surface area contributed by atoms with Gasteiger partial charge in [-0.2, -0.15) is 0 Å². The lowest BCUT2D eigenvalue weighted by atomic mass is 9.87. The molecule has 0 radical (unpaired) electrons. The molecule has 1 aliphatic rings. The summed E-state index contributed by atoms with van der Waals surface area (Å²) in [6.45, 7) is 3.30.